The van der Waals surface area contributed by atoms with E-state index in [1.807, 2.05) is 12.2 Å². The summed E-state index contributed by atoms with van der Waals surface area (Å²) in [4.78, 5) is 25.7. The minimum Gasteiger partial charge on any atom is -0.493 e. The van der Waals surface area contributed by atoms with E-state index >= 15 is 0 Å². The highest BCUT2D eigenvalue weighted by atomic mass is 19.1. The summed E-state index contributed by atoms with van der Waals surface area (Å²) in [6.45, 7) is 0.197. The number of hydrogen-bond donors (Lipinski definition) is 0. The average Bonchev–Trinajstić information content (AvgIpc) is 3.46. The van der Waals surface area contributed by atoms with Crippen LogP contribution in [0, 0.1) is 29.5 Å². The molecule has 0 aromatic heterocycles. The van der Waals surface area contributed by atoms with Gasteiger partial charge in [0.15, 0.2) is 11.5 Å². The molecule has 1 saturated carbocycles. The Morgan fingerprint density at radius 2 is 1.74 bits per heavy atom. The summed E-state index contributed by atoms with van der Waals surface area (Å²) >= 11 is 0. The largest absolute Gasteiger partial charge is 0.493 e. The number of nitrogens with zero attached hydrogens (tertiary/aromatic N) is 2. The molecule has 0 spiro atoms. The predicted octanol–water partition coefficient (Wildman–Crippen LogP) is 3.55. The van der Waals surface area contributed by atoms with Crippen LogP contribution < -0.4 is 9.47 Å². The Bertz CT molecular complexity index is 1070. The summed E-state index contributed by atoms with van der Waals surface area (Å²) in [5.41, 5.74) is 1.36. The molecular formula is C24H21FN2O4. The van der Waals surface area contributed by atoms with E-state index in [0.29, 0.717) is 17.1 Å². The van der Waals surface area contributed by atoms with Crippen LogP contribution in [0.3, 0.4) is 0 Å². The highest BCUT2D eigenvalue weighted by Gasteiger charge is 2.59. The molecule has 5 rings (SSSR count). The zero-order valence-corrected chi connectivity index (χ0v) is 16.9. The third kappa shape index (κ3) is 3.30. The van der Waals surface area contributed by atoms with Crippen LogP contribution in [0.25, 0.3) is 0 Å². The Hall–Kier alpha value is -3.48. The van der Waals surface area contributed by atoms with Crippen LogP contribution in [0.5, 0.6) is 11.5 Å². The molecule has 2 aromatic rings. The first-order valence-corrected chi connectivity index (χ1v) is 10.2. The molecular weight excluding hydrogens is 399 g/mol. The number of allylic oxidation sites excluding steroid dienone is 2. The van der Waals surface area contributed by atoms with Gasteiger partial charge in [-0.1, -0.05) is 30.4 Å². The van der Waals surface area contributed by atoms with E-state index in [9.17, 15) is 14.0 Å². The zero-order chi connectivity index (χ0) is 21.5. The number of ether oxygens (including phenoxy) is 2. The molecule has 1 aliphatic heterocycles. The van der Waals surface area contributed by atoms with Crippen LogP contribution in [0.2, 0.25) is 0 Å². The normalized spacial score (nSPS) is 26.2. The fourth-order valence-electron chi connectivity index (χ4n) is 4.81. The summed E-state index contributed by atoms with van der Waals surface area (Å²) in [5, 5.41) is 5.24. The van der Waals surface area contributed by atoms with Gasteiger partial charge < -0.3 is 9.47 Å². The molecule has 0 radical (unpaired) electrons. The van der Waals surface area contributed by atoms with Crippen molar-refractivity contribution in [3.63, 3.8) is 0 Å². The molecule has 0 N–H and O–H groups in total. The smallest absolute Gasteiger partial charge is 0.254 e. The average molecular weight is 420 g/mol. The number of fused-ring (bicyclic) bond motifs is 5. The number of para-hydroxylation sites is 1. The number of carbonyl (C=O) groups excluding carboxylic acids is 2. The lowest BCUT2D eigenvalue weighted by Crippen LogP contribution is -2.28. The standard InChI is InChI=1S/C24H21FN2O4/c1-30-19-4-2-3-17(22(19)31-13-14-5-9-18(25)10-6-14)12-26-27-23(28)20-15-7-8-16(11-15)21(20)24(27)29/h2-10,12,15-16,20-21H,11,13H2,1H3/t15-,16-,20-,21+/m0/s1. The highest BCUT2D eigenvalue weighted by molar-refractivity contribution is 6.07. The molecule has 31 heavy (non-hydrogen) atoms. The van der Waals surface area contributed by atoms with Gasteiger partial charge in [-0.15, -0.1) is 0 Å². The number of halogens is 1. The molecule has 4 atom stereocenters. The summed E-state index contributed by atoms with van der Waals surface area (Å²) in [5.74, 6) is -0.181. The summed E-state index contributed by atoms with van der Waals surface area (Å²) in [6.07, 6.45) is 6.43. The van der Waals surface area contributed by atoms with Crippen LogP contribution in [-0.4, -0.2) is 30.1 Å². The van der Waals surface area contributed by atoms with Crippen LogP contribution in [0.15, 0.2) is 59.7 Å². The van der Waals surface area contributed by atoms with Gasteiger partial charge in [0, 0.05) is 5.56 Å². The predicted molar refractivity (Wildman–Crippen MR) is 111 cm³/mol. The Kier molecular flexibility index (Phi) is 4.81. The summed E-state index contributed by atoms with van der Waals surface area (Å²) in [7, 11) is 1.53. The molecule has 2 amide bonds. The quantitative estimate of drug-likeness (QED) is 0.407. The van der Waals surface area contributed by atoms with Gasteiger partial charge in [0.1, 0.15) is 12.4 Å². The van der Waals surface area contributed by atoms with Crippen molar-refractivity contribution in [2.45, 2.75) is 13.0 Å². The van der Waals surface area contributed by atoms with E-state index in [1.165, 1.54) is 25.5 Å². The Balaban J connectivity index is 1.38. The molecule has 7 heteroatoms. The van der Waals surface area contributed by atoms with Crippen LogP contribution >= 0.6 is 0 Å². The van der Waals surface area contributed by atoms with Crippen molar-refractivity contribution in [3.05, 3.63) is 71.6 Å². The van der Waals surface area contributed by atoms with Crippen molar-refractivity contribution in [2.24, 2.45) is 28.8 Å². The van der Waals surface area contributed by atoms with Gasteiger partial charge in [0.2, 0.25) is 0 Å². The molecule has 2 aliphatic carbocycles. The van der Waals surface area contributed by atoms with Crippen LogP contribution in [0.4, 0.5) is 4.39 Å². The molecule has 2 fully saturated rings. The number of hydrazone groups is 1. The first-order valence-electron chi connectivity index (χ1n) is 10.2. The minimum absolute atomic E-state index is 0.137. The first kappa shape index (κ1) is 19.5. The number of hydrogen-bond acceptors (Lipinski definition) is 5. The van der Waals surface area contributed by atoms with Gasteiger partial charge in [-0.2, -0.15) is 10.1 Å². The van der Waals surface area contributed by atoms with Crippen LogP contribution in [-0.2, 0) is 16.2 Å². The number of imide groups is 1. The third-order valence-electron chi connectivity index (χ3n) is 6.29. The molecule has 0 unspecified atom stereocenters. The van der Waals surface area contributed by atoms with E-state index in [0.717, 1.165) is 17.0 Å². The van der Waals surface area contributed by atoms with Crippen molar-refractivity contribution in [1.82, 2.24) is 5.01 Å². The second-order valence-corrected chi connectivity index (χ2v) is 8.03. The highest BCUT2D eigenvalue weighted by Crippen LogP contribution is 2.52. The molecule has 2 aromatic carbocycles. The molecule has 3 aliphatic rings. The van der Waals surface area contributed by atoms with Crippen molar-refractivity contribution < 1.29 is 23.5 Å². The zero-order valence-electron chi connectivity index (χ0n) is 16.9. The number of benzene rings is 2. The van der Waals surface area contributed by atoms with E-state index < -0.39 is 0 Å². The van der Waals surface area contributed by atoms with Gasteiger partial charge in [0.25, 0.3) is 11.8 Å². The van der Waals surface area contributed by atoms with Crippen molar-refractivity contribution in [1.29, 1.82) is 0 Å². The number of carbonyl (C=O) groups is 2. The number of rotatable bonds is 6. The Morgan fingerprint density at radius 1 is 1.06 bits per heavy atom. The minimum atomic E-state index is -0.317. The molecule has 1 heterocycles. The SMILES string of the molecule is COc1cccc(C=NN2C(=O)[C@@H]3[C@H](C2=O)[C@H]2C=C[C@H]3C2)c1OCc1ccc(F)cc1. The Morgan fingerprint density at radius 3 is 2.39 bits per heavy atom. The fraction of sp³-hybridized carbons (Fsp3) is 0.292. The van der Waals surface area contributed by atoms with Crippen LogP contribution in [0.1, 0.15) is 17.5 Å². The maximum absolute atomic E-state index is 13.1. The summed E-state index contributed by atoms with van der Waals surface area (Å²) in [6, 6.07) is 11.3. The number of amides is 2. The van der Waals surface area contributed by atoms with E-state index in [2.05, 4.69) is 5.10 Å². The van der Waals surface area contributed by atoms with Gasteiger partial charge in [-0.25, -0.2) is 4.39 Å². The second kappa shape index (κ2) is 7.65. The Labute approximate surface area is 179 Å². The monoisotopic (exact) mass is 420 g/mol. The van der Waals surface area contributed by atoms with Crippen molar-refractivity contribution >= 4 is 18.0 Å². The molecule has 1 saturated heterocycles. The van der Waals surface area contributed by atoms with Gasteiger partial charge in [-0.05, 0) is 48.1 Å². The lowest BCUT2D eigenvalue weighted by atomic mass is 9.85. The second-order valence-electron chi connectivity index (χ2n) is 8.03. The lowest BCUT2D eigenvalue weighted by Gasteiger charge is -2.14. The molecule has 158 valence electrons. The first-order chi connectivity index (χ1) is 15.1. The number of methoxy groups -OCH3 is 1. The summed E-state index contributed by atoms with van der Waals surface area (Å²) < 4.78 is 24.5. The van der Waals surface area contributed by atoms with E-state index in [-0.39, 0.29) is 47.9 Å². The topological polar surface area (TPSA) is 68.2 Å². The van der Waals surface area contributed by atoms with Gasteiger partial charge >= 0.3 is 0 Å². The maximum Gasteiger partial charge on any atom is 0.254 e. The molecule has 2 bridgehead atoms. The lowest BCUT2D eigenvalue weighted by molar-refractivity contribution is -0.140. The van der Waals surface area contributed by atoms with Gasteiger partial charge in [0.05, 0.1) is 25.2 Å². The van der Waals surface area contributed by atoms with Crippen molar-refractivity contribution in [2.75, 3.05) is 7.11 Å². The van der Waals surface area contributed by atoms with Crippen molar-refractivity contribution in [3.8, 4) is 11.5 Å². The maximum atomic E-state index is 13.1. The third-order valence-corrected chi connectivity index (χ3v) is 6.29. The van der Waals surface area contributed by atoms with E-state index in [1.54, 1.807) is 30.3 Å². The fourth-order valence-corrected chi connectivity index (χ4v) is 4.81. The molecule has 6 nitrogen and oxygen atoms in total. The van der Waals surface area contributed by atoms with Gasteiger partial charge in [-0.3, -0.25) is 9.59 Å². The van der Waals surface area contributed by atoms with E-state index in [4.69, 9.17) is 9.47 Å².